The Morgan fingerprint density at radius 2 is 1.93 bits per heavy atom. The summed E-state index contributed by atoms with van der Waals surface area (Å²) in [6.45, 7) is 4.38. The van der Waals surface area contributed by atoms with Gasteiger partial charge in [0.2, 0.25) is 0 Å². The molecule has 4 nitrogen and oxygen atoms in total. The number of amidine groups is 1. The first kappa shape index (κ1) is 19.3. The summed E-state index contributed by atoms with van der Waals surface area (Å²) < 4.78 is 39.3. The molecule has 0 saturated heterocycles. The summed E-state index contributed by atoms with van der Waals surface area (Å²) in [5.41, 5.74) is 0.895. The molecule has 27 heavy (non-hydrogen) atoms. The minimum Gasteiger partial charge on any atom is -0.307 e. The molecule has 2 amide bonds. The van der Waals surface area contributed by atoms with Gasteiger partial charge in [-0.2, -0.15) is 13.2 Å². The molecule has 3 rings (SSSR count). The van der Waals surface area contributed by atoms with E-state index in [9.17, 15) is 18.0 Å². The van der Waals surface area contributed by atoms with Gasteiger partial charge < -0.3 is 5.32 Å². The minimum atomic E-state index is -4.49. The highest BCUT2D eigenvalue weighted by Gasteiger charge is 2.33. The zero-order valence-corrected chi connectivity index (χ0v) is 15.6. The summed E-state index contributed by atoms with van der Waals surface area (Å²) in [7, 11) is 0. The van der Waals surface area contributed by atoms with Crippen molar-refractivity contribution < 1.29 is 18.0 Å². The lowest BCUT2D eigenvalue weighted by atomic mass is 10.2. The molecule has 0 saturated carbocycles. The predicted octanol–water partition coefficient (Wildman–Crippen LogP) is 5.54. The smallest absolute Gasteiger partial charge is 0.307 e. The third-order valence-electron chi connectivity index (χ3n) is 3.92. The van der Waals surface area contributed by atoms with Crippen LogP contribution < -0.4 is 10.2 Å². The van der Waals surface area contributed by atoms with E-state index in [0.29, 0.717) is 17.4 Å². The van der Waals surface area contributed by atoms with Crippen molar-refractivity contribution in [3.63, 3.8) is 0 Å². The van der Waals surface area contributed by atoms with E-state index in [4.69, 9.17) is 0 Å². The second-order valence-corrected chi connectivity index (χ2v) is 7.64. The van der Waals surface area contributed by atoms with E-state index in [2.05, 4.69) is 10.3 Å². The lowest BCUT2D eigenvalue weighted by Crippen LogP contribution is -2.38. The standard InChI is InChI=1S/C19H18F3N3OS/c1-12-6-8-15(9-7-12)24-17(26)25(18-23-11-13(2)27-18)16-5-3-4-14(10-16)19(20,21)22/h3-10,13H,11H2,1-2H3,(H,24,26)/t13-/m1/s1. The molecule has 0 unspecified atom stereocenters. The first-order valence-electron chi connectivity index (χ1n) is 8.30. The summed E-state index contributed by atoms with van der Waals surface area (Å²) in [6, 6.07) is 11.3. The van der Waals surface area contributed by atoms with Gasteiger partial charge in [-0.05, 0) is 37.3 Å². The van der Waals surface area contributed by atoms with Crippen LogP contribution in [0.3, 0.4) is 0 Å². The molecule has 1 aliphatic rings. The molecule has 2 aromatic carbocycles. The molecule has 0 aromatic heterocycles. The van der Waals surface area contributed by atoms with Crippen LogP contribution in [-0.2, 0) is 6.18 Å². The van der Waals surface area contributed by atoms with Crippen molar-refractivity contribution in [2.75, 3.05) is 16.8 Å². The van der Waals surface area contributed by atoms with E-state index >= 15 is 0 Å². The zero-order chi connectivity index (χ0) is 19.6. The number of thioether (sulfide) groups is 1. The molecule has 1 aliphatic heterocycles. The minimum absolute atomic E-state index is 0.120. The van der Waals surface area contributed by atoms with Crippen LogP contribution >= 0.6 is 11.8 Å². The van der Waals surface area contributed by atoms with Crippen LogP contribution in [0.15, 0.2) is 53.5 Å². The predicted molar refractivity (Wildman–Crippen MR) is 103 cm³/mol. The van der Waals surface area contributed by atoms with Crippen LogP contribution in [0, 0.1) is 6.92 Å². The van der Waals surface area contributed by atoms with Crippen LogP contribution in [0.2, 0.25) is 0 Å². The normalized spacial score (nSPS) is 16.8. The maximum absolute atomic E-state index is 13.1. The van der Waals surface area contributed by atoms with E-state index in [1.54, 1.807) is 12.1 Å². The number of halogens is 3. The number of aliphatic imine (C=N–C) groups is 1. The maximum atomic E-state index is 13.1. The molecule has 2 aromatic rings. The van der Waals surface area contributed by atoms with Crippen molar-refractivity contribution in [3.8, 4) is 0 Å². The maximum Gasteiger partial charge on any atom is 0.416 e. The van der Waals surface area contributed by atoms with Gasteiger partial charge in [-0.1, -0.05) is 42.4 Å². The summed E-state index contributed by atoms with van der Waals surface area (Å²) in [5, 5.41) is 3.26. The van der Waals surface area contributed by atoms with Gasteiger partial charge in [-0.25, -0.2) is 9.69 Å². The average Bonchev–Trinajstić information content (AvgIpc) is 3.02. The zero-order valence-electron chi connectivity index (χ0n) is 14.7. The summed E-state index contributed by atoms with van der Waals surface area (Å²) in [5.74, 6) is 0. The quantitative estimate of drug-likeness (QED) is 0.728. The fraction of sp³-hybridized carbons (Fsp3) is 0.263. The molecule has 1 atom stereocenters. The fourth-order valence-electron chi connectivity index (χ4n) is 2.54. The van der Waals surface area contributed by atoms with Crippen LogP contribution in [0.1, 0.15) is 18.1 Å². The van der Waals surface area contributed by atoms with Crippen molar-refractivity contribution in [1.29, 1.82) is 0 Å². The van der Waals surface area contributed by atoms with E-state index in [-0.39, 0.29) is 10.9 Å². The van der Waals surface area contributed by atoms with Crippen molar-refractivity contribution in [1.82, 2.24) is 0 Å². The van der Waals surface area contributed by atoms with Gasteiger partial charge in [-0.3, -0.25) is 4.99 Å². The van der Waals surface area contributed by atoms with Crippen LogP contribution in [0.25, 0.3) is 0 Å². The lowest BCUT2D eigenvalue weighted by molar-refractivity contribution is -0.137. The van der Waals surface area contributed by atoms with Gasteiger partial charge >= 0.3 is 12.2 Å². The van der Waals surface area contributed by atoms with Crippen molar-refractivity contribution >= 4 is 34.3 Å². The Kier molecular flexibility index (Phi) is 5.46. The Balaban J connectivity index is 1.94. The summed E-state index contributed by atoms with van der Waals surface area (Å²) in [4.78, 5) is 18.4. The topological polar surface area (TPSA) is 44.7 Å². The van der Waals surface area contributed by atoms with Gasteiger partial charge in [0.1, 0.15) is 0 Å². The number of carbonyl (C=O) groups is 1. The van der Waals surface area contributed by atoms with E-state index in [0.717, 1.165) is 17.7 Å². The summed E-state index contributed by atoms with van der Waals surface area (Å²) in [6.07, 6.45) is -4.49. The third kappa shape index (κ3) is 4.63. The second-order valence-electron chi connectivity index (χ2n) is 6.23. The van der Waals surface area contributed by atoms with Crippen LogP contribution in [-0.4, -0.2) is 23.0 Å². The van der Waals surface area contributed by atoms with Crippen molar-refractivity contribution in [2.45, 2.75) is 25.3 Å². The Morgan fingerprint density at radius 3 is 2.52 bits per heavy atom. The van der Waals surface area contributed by atoms with E-state index in [1.807, 2.05) is 26.0 Å². The molecule has 1 N–H and O–H groups in total. The van der Waals surface area contributed by atoms with Gasteiger partial charge in [0.25, 0.3) is 0 Å². The molecular weight excluding hydrogens is 375 g/mol. The highest BCUT2D eigenvalue weighted by atomic mass is 32.2. The number of alkyl halides is 3. The van der Waals surface area contributed by atoms with E-state index in [1.165, 1.54) is 28.8 Å². The highest BCUT2D eigenvalue weighted by Crippen LogP contribution is 2.34. The number of hydrogen-bond donors (Lipinski definition) is 1. The lowest BCUT2D eigenvalue weighted by Gasteiger charge is -2.23. The number of carbonyl (C=O) groups excluding carboxylic acids is 1. The Morgan fingerprint density at radius 1 is 1.22 bits per heavy atom. The average molecular weight is 393 g/mol. The van der Waals surface area contributed by atoms with Crippen molar-refractivity contribution in [2.24, 2.45) is 4.99 Å². The molecular formula is C19H18F3N3OS. The number of urea groups is 1. The fourth-order valence-corrected chi connectivity index (χ4v) is 3.49. The molecule has 0 spiro atoms. The molecule has 0 radical (unpaired) electrons. The number of aryl methyl sites for hydroxylation is 1. The number of anilines is 2. The Labute approximate surface area is 159 Å². The second kappa shape index (κ2) is 7.64. The van der Waals surface area contributed by atoms with E-state index < -0.39 is 17.8 Å². The Hall–Kier alpha value is -2.48. The molecule has 0 aliphatic carbocycles. The number of rotatable bonds is 2. The molecule has 0 fully saturated rings. The highest BCUT2D eigenvalue weighted by molar-refractivity contribution is 8.15. The monoisotopic (exact) mass is 393 g/mol. The van der Waals surface area contributed by atoms with Crippen molar-refractivity contribution in [3.05, 3.63) is 59.7 Å². The molecule has 142 valence electrons. The van der Waals surface area contributed by atoms with Crippen LogP contribution in [0.4, 0.5) is 29.3 Å². The third-order valence-corrected chi connectivity index (χ3v) is 4.99. The molecule has 0 bridgehead atoms. The summed E-state index contributed by atoms with van der Waals surface area (Å²) >= 11 is 1.36. The van der Waals surface area contributed by atoms with Gasteiger partial charge in [-0.15, -0.1) is 0 Å². The largest absolute Gasteiger partial charge is 0.416 e. The number of benzene rings is 2. The number of nitrogens with one attached hydrogen (secondary N) is 1. The molecule has 1 heterocycles. The van der Waals surface area contributed by atoms with Crippen LogP contribution in [0.5, 0.6) is 0 Å². The van der Waals surface area contributed by atoms with Gasteiger partial charge in [0, 0.05) is 10.9 Å². The van der Waals surface area contributed by atoms with Gasteiger partial charge in [0.15, 0.2) is 5.17 Å². The SMILES string of the molecule is Cc1ccc(NC(=O)N(C2=NC[C@@H](C)S2)c2cccc(C(F)(F)F)c2)cc1. The number of amides is 2. The number of hydrogen-bond acceptors (Lipinski definition) is 3. The first-order chi connectivity index (χ1) is 12.7. The Bertz CT molecular complexity index is 865. The van der Waals surface area contributed by atoms with Gasteiger partial charge in [0.05, 0.1) is 17.8 Å². The molecule has 8 heteroatoms. The first-order valence-corrected chi connectivity index (χ1v) is 9.18. The number of nitrogens with zero attached hydrogens (tertiary/aromatic N) is 2.